The van der Waals surface area contributed by atoms with E-state index in [4.69, 9.17) is 0 Å². The first kappa shape index (κ1) is 17.3. The van der Waals surface area contributed by atoms with E-state index in [0.29, 0.717) is 18.2 Å². The number of piperidine rings is 1. The average Bonchev–Trinajstić information content (AvgIpc) is 2.63. The SMILES string of the molecule is Cc1cc(C(=O)N2CCCCC2)nc(NCCc2ccc(F)cc2)n1. The van der Waals surface area contributed by atoms with Gasteiger partial charge >= 0.3 is 0 Å². The molecule has 0 atom stereocenters. The fraction of sp³-hybridized carbons (Fsp3) is 0.421. The molecule has 0 unspecified atom stereocenters. The summed E-state index contributed by atoms with van der Waals surface area (Å²) in [6.45, 7) is 4.08. The van der Waals surface area contributed by atoms with Crippen molar-refractivity contribution in [2.24, 2.45) is 0 Å². The fourth-order valence-electron chi connectivity index (χ4n) is 2.99. The topological polar surface area (TPSA) is 58.1 Å². The quantitative estimate of drug-likeness (QED) is 0.906. The van der Waals surface area contributed by atoms with Crippen LogP contribution in [-0.4, -0.2) is 40.4 Å². The Bertz CT molecular complexity index is 727. The minimum atomic E-state index is -0.236. The van der Waals surface area contributed by atoms with Gasteiger partial charge in [0.25, 0.3) is 5.91 Å². The Kier molecular flexibility index (Phi) is 5.58. The predicted molar refractivity (Wildman–Crippen MR) is 95.1 cm³/mol. The van der Waals surface area contributed by atoms with Gasteiger partial charge in [0.15, 0.2) is 0 Å². The number of carbonyl (C=O) groups excluding carboxylic acids is 1. The lowest BCUT2D eigenvalue weighted by molar-refractivity contribution is 0.0718. The lowest BCUT2D eigenvalue weighted by Gasteiger charge is -2.26. The summed E-state index contributed by atoms with van der Waals surface area (Å²) in [6.07, 6.45) is 4.02. The van der Waals surface area contributed by atoms with Crippen molar-refractivity contribution in [2.45, 2.75) is 32.6 Å². The summed E-state index contributed by atoms with van der Waals surface area (Å²) in [5, 5.41) is 3.16. The molecule has 2 aromatic rings. The molecule has 1 aromatic heterocycles. The van der Waals surface area contributed by atoms with Crippen LogP contribution >= 0.6 is 0 Å². The minimum Gasteiger partial charge on any atom is -0.354 e. The number of aryl methyl sites for hydroxylation is 1. The zero-order valence-electron chi connectivity index (χ0n) is 14.5. The van der Waals surface area contributed by atoms with E-state index in [1.54, 1.807) is 18.2 Å². The van der Waals surface area contributed by atoms with Crippen molar-refractivity contribution in [3.05, 3.63) is 53.1 Å². The number of nitrogens with zero attached hydrogens (tertiary/aromatic N) is 3. The maximum absolute atomic E-state index is 12.9. The van der Waals surface area contributed by atoms with Crippen LogP contribution < -0.4 is 5.32 Å². The number of aromatic nitrogens is 2. The van der Waals surface area contributed by atoms with Crippen LogP contribution in [0.1, 0.15) is 41.0 Å². The van der Waals surface area contributed by atoms with Crippen LogP contribution in [0.25, 0.3) is 0 Å². The molecule has 0 aliphatic carbocycles. The molecule has 132 valence electrons. The smallest absolute Gasteiger partial charge is 0.272 e. The van der Waals surface area contributed by atoms with Crippen LogP contribution in [0.3, 0.4) is 0 Å². The van der Waals surface area contributed by atoms with Crippen molar-refractivity contribution in [2.75, 3.05) is 25.0 Å². The maximum Gasteiger partial charge on any atom is 0.272 e. The van der Waals surface area contributed by atoms with Crippen LogP contribution in [0.15, 0.2) is 30.3 Å². The largest absolute Gasteiger partial charge is 0.354 e. The molecular formula is C19H23FN4O. The Labute approximate surface area is 147 Å². The van der Waals surface area contributed by atoms with Gasteiger partial charge in [-0.3, -0.25) is 4.79 Å². The summed E-state index contributed by atoms with van der Waals surface area (Å²) in [5.41, 5.74) is 2.24. The number of halogens is 1. The molecule has 1 aliphatic heterocycles. The number of rotatable bonds is 5. The highest BCUT2D eigenvalue weighted by molar-refractivity contribution is 5.92. The second-order valence-corrected chi connectivity index (χ2v) is 6.37. The van der Waals surface area contributed by atoms with E-state index in [1.165, 1.54) is 18.6 Å². The molecule has 1 aliphatic rings. The Morgan fingerprint density at radius 2 is 1.88 bits per heavy atom. The predicted octanol–water partition coefficient (Wildman–Crippen LogP) is 3.20. The Morgan fingerprint density at radius 1 is 1.16 bits per heavy atom. The highest BCUT2D eigenvalue weighted by Gasteiger charge is 2.20. The zero-order valence-corrected chi connectivity index (χ0v) is 14.5. The lowest BCUT2D eigenvalue weighted by Crippen LogP contribution is -2.36. The maximum atomic E-state index is 12.9. The number of likely N-dealkylation sites (tertiary alicyclic amines) is 1. The third kappa shape index (κ3) is 4.75. The number of carbonyl (C=O) groups is 1. The molecule has 0 saturated carbocycles. The summed E-state index contributed by atoms with van der Waals surface area (Å²) in [6, 6.07) is 8.17. The monoisotopic (exact) mass is 342 g/mol. The summed E-state index contributed by atoms with van der Waals surface area (Å²) < 4.78 is 12.9. The molecule has 25 heavy (non-hydrogen) atoms. The van der Waals surface area contributed by atoms with Gasteiger partial charge in [-0.25, -0.2) is 14.4 Å². The molecule has 5 nitrogen and oxygen atoms in total. The molecule has 1 saturated heterocycles. The van der Waals surface area contributed by atoms with Gasteiger partial charge in [-0.2, -0.15) is 0 Å². The molecule has 1 amide bonds. The highest BCUT2D eigenvalue weighted by atomic mass is 19.1. The number of hydrogen-bond donors (Lipinski definition) is 1. The normalized spacial score (nSPS) is 14.4. The molecule has 0 spiro atoms. The van der Waals surface area contributed by atoms with Crippen molar-refractivity contribution >= 4 is 11.9 Å². The highest BCUT2D eigenvalue weighted by Crippen LogP contribution is 2.14. The van der Waals surface area contributed by atoms with Crippen molar-refractivity contribution in [1.29, 1.82) is 0 Å². The van der Waals surface area contributed by atoms with Crippen LogP contribution in [-0.2, 0) is 6.42 Å². The molecule has 0 bridgehead atoms. The van der Waals surface area contributed by atoms with Gasteiger partial charge in [-0.05, 0) is 56.4 Å². The standard InChI is InChI=1S/C19H23FN4O/c1-14-13-17(18(25)24-11-3-2-4-12-24)23-19(22-14)21-10-9-15-5-7-16(20)8-6-15/h5-8,13H,2-4,9-12H2,1H3,(H,21,22,23). The van der Waals surface area contributed by atoms with E-state index in [9.17, 15) is 9.18 Å². The van der Waals surface area contributed by atoms with Crippen molar-refractivity contribution in [3.8, 4) is 0 Å². The van der Waals surface area contributed by atoms with Crippen LogP contribution in [0.5, 0.6) is 0 Å². The fourth-order valence-corrected chi connectivity index (χ4v) is 2.99. The number of anilines is 1. The van der Waals surface area contributed by atoms with Crippen molar-refractivity contribution in [3.63, 3.8) is 0 Å². The molecule has 1 N–H and O–H groups in total. The number of hydrogen-bond acceptors (Lipinski definition) is 4. The van der Waals surface area contributed by atoms with E-state index in [1.807, 2.05) is 11.8 Å². The zero-order chi connectivity index (χ0) is 17.6. The van der Waals surface area contributed by atoms with Crippen LogP contribution in [0.2, 0.25) is 0 Å². The number of amides is 1. The van der Waals surface area contributed by atoms with E-state index < -0.39 is 0 Å². The third-order valence-electron chi connectivity index (χ3n) is 4.33. The van der Waals surface area contributed by atoms with E-state index in [-0.39, 0.29) is 11.7 Å². The van der Waals surface area contributed by atoms with Gasteiger partial charge in [0.1, 0.15) is 11.5 Å². The minimum absolute atomic E-state index is 0.0215. The second kappa shape index (κ2) is 8.05. The Hall–Kier alpha value is -2.50. The van der Waals surface area contributed by atoms with E-state index in [0.717, 1.165) is 43.6 Å². The van der Waals surface area contributed by atoms with Gasteiger partial charge in [0, 0.05) is 25.3 Å². The molecule has 1 aromatic carbocycles. The molecular weight excluding hydrogens is 319 g/mol. The molecule has 6 heteroatoms. The first-order valence-electron chi connectivity index (χ1n) is 8.75. The van der Waals surface area contributed by atoms with Crippen LogP contribution in [0.4, 0.5) is 10.3 Å². The lowest BCUT2D eigenvalue weighted by atomic mass is 10.1. The second-order valence-electron chi connectivity index (χ2n) is 6.37. The van der Waals surface area contributed by atoms with Gasteiger partial charge in [0.2, 0.25) is 5.95 Å². The summed E-state index contributed by atoms with van der Waals surface area (Å²) in [4.78, 5) is 23.2. The van der Waals surface area contributed by atoms with Crippen molar-refractivity contribution < 1.29 is 9.18 Å². The van der Waals surface area contributed by atoms with E-state index >= 15 is 0 Å². The first-order chi connectivity index (χ1) is 12.1. The number of benzene rings is 1. The van der Waals surface area contributed by atoms with Gasteiger partial charge in [0.05, 0.1) is 0 Å². The molecule has 3 rings (SSSR count). The molecule has 2 heterocycles. The molecule has 0 radical (unpaired) electrons. The molecule has 1 fully saturated rings. The Morgan fingerprint density at radius 3 is 2.60 bits per heavy atom. The first-order valence-corrected chi connectivity index (χ1v) is 8.75. The summed E-state index contributed by atoms with van der Waals surface area (Å²) in [5.74, 6) is 0.203. The van der Waals surface area contributed by atoms with Gasteiger partial charge in [-0.1, -0.05) is 12.1 Å². The average molecular weight is 342 g/mol. The number of nitrogens with one attached hydrogen (secondary N) is 1. The van der Waals surface area contributed by atoms with Crippen LogP contribution in [0, 0.1) is 12.7 Å². The van der Waals surface area contributed by atoms with E-state index in [2.05, 4.69) is 15.3 Å². The Balaban J connectivity index is 1.62. The van der Waals surface area contributed by atoms with Gasteiger partial charge < -0.3 is 10.2 Å². The summed E-state index contributed by atoms with van der Waals surface area (Å²) in [7, 11) is 0. The summed E-state index contributed by atoms with van der Waals surface area (Å²) >= 11 is 0. The third-order valence-corrected chi connectivity index (χ3v) is 4.33. The van der Waals surface area contributed by atoms with Gasteiger partial charge in [-0.15, -0.1) is 0 Å². The van der Waals surface area contributed by atoms with Crippen molar-refractivity contribution in [1.82, 2.24) is 14.9 Å².